The number of nitrogens with one attached hydrogen (secondary N) is 1. The fraction of sp³-hybridized carbons (Fsp3) is 0.364. The molecule has 0 heterocycles. The minimum absolute atomic E-state index is 0.500. The molecule has 1 rings (SSSR count). The maximum atomic E-state index is 12.4. The van der Waals surface area contributed by atoms with E-state index in [0.29, 0.717) is 18.5 Å². The van der Waals surface area contributed by atoms with Crippen molar-refractivity contribution in [3.05, 3.63) is 29.8 Å². The van der Waals surface area contributed by atoms with Crippen molar-refractivity contribution < 1.29 is 4.39 Å². The van der Waals surface area contributed by atoms with Crippen LogP contribution in [0.2, 0.25) is 0 Å². The normalized spacial score (nSPS) is 11.8. The molecule has 14 heavy (non-hydrogen) atoms. The van der Waals surface area contributed by atoms with Gasteiger partial charge >= 0.3 is 0 Å². The van der Waals surface area contributed by atoms with E-state index in [4.69, 9.17) is 5.26 Å². The van der Waals surface area contributed by atoms with E-state index in [1.165, 1.54) is 0 Å². The molecule has 0 aromatic heterocycles. The minimum Gasteiger partial charge on any atom is -0.385 e. The lowest BCUT2D eigenvalue weighted by Gasteiger charge is -2.06. The molecule has 0 aliphatic carbocycles. The number of hydrogen-bond donors (Lipinski definition) is 1. The lowest BCUT2D eigenvalue weighted by atomic mass is 10.2. The van der Waals surface area contributed by atoms with Crippen LogP contribution < -0.4 is 5.32 Å². The van der Waals surface area contributed by atoms with E-state index in [0.717, 1.165) is 5.69 Å². The highest BCUT2D eigenvalue weighted by molar-refractivity contribution is 5.46. The van der Waals surface area contributed by atoms with Crippen molar-refractivity contribution in [2.45, 2.75) is 19.5 Å². The number of anilines is 1. The van der Waals surface area contributed by atoms with E-state index in [1.807, 2.05) is 18.2 Å². The summed E-state index contributed by atoms with van der Waals surface area (Å²) in [6.07, 6.45) is -0.277. The second kappa shape index (κ2) is 5.23. The second-order valence-corrected chi connectivity index (χ2v) is 3.19. The molecule has 2 nitrogen and oxygen atoms in total. The van der Waals surface area contributed by atoms with Gasteiger partial charge in [0.1, 0.15) is 0 Å². The van der Waals surface area contributed by atoms with Crippen molar-refractivity contribution >= 4 is 5.69 Å². The molecule has 1 atom stereocenters. The van der Waals surface area contributed by atoms with Crippen LogP contribution in [-0.2, 0) is 0 Å². The summed E-state index contributed by atoms with van der Waals surface area (Å²) < 4.78 is 12.4. The van der Waals surface area contributed by atoms with Gasteiger partial charge in [-0.2, -0.15) is 5.26 Å². The van der Waals surface area contributed by atoms with E-state index >= 15 is 0 Å². The van der Waals surface area contributed by atoms with Crippen LogP contribution in [0.5, 0.6) is 0 Å². The molecule has 0 aliphatic rings. The highest BCUT2D eigenvalue weighted by atomic mass is 19.1. The zero-order valence-corrected chi connectivity index (χ0v) is 8.13. The summed E-state index contributed by atoms with van der Waals surface area (Å²) in [4.78, 5) is 0. The zero-order valence-electron chi connectivity index (χ0n) is 8.13. The summed E-state index contributed by atoms with van der Waals surface area (Å²) >= 11 is 0. The Morgan fingerprint density at radius 1 is 1.43 bits per heavy atom. The smallest absolute Gasteiger partial charge is 0.0991 e. The largest absolute Gasteiger partial charge is 0.385 e. The van der Waals surface area contributed by atoms with Gasteiger partial charge in [0, 0.05) is 12.2 Å². The van der Waals surface area contributed by atoms with Gasteiger partial charge in [0.15, 0.2) is 0 Å². The van der Waals surface area contributed by atoms with Crippen molar-refractivity contribution in [3.63, 3.8) is 0 Å². The van der Waals surface area contributed by atoms with Gasteiger partial charge in [-0.3, -0.25) is 0 Å². The summed E-state index contributed by atoms with van der Waals surface area (Å²) in [5.74, 6) is 0. The summed E-state index contributed by atoms with van der Waals surface area (Å²) in [6.45, 7) is 2.16. The molecule has 0 bridgehead atoms. The molecule has 0 fully saturated rings. The van der Waals surface area contributed by atoms with Crippen LogP contribution in [0.25, 0.3) is 0 Å². The molecular formula is C11H13FN2. The van der Waals surface area contributed by atoms with Crippen LogP contribution in [0, 0.1) is 11.3 Å². The Kier molecular flexibility index (Phi) is 3.93. The van der Waals surface area contributed by atoms with Crippen LogP contribution in [-0.4, -0.2) is 12.7 Å². The predicted molar refractivity (Wildman–Crippen MR) is 54.8 cm³/mol. The van der Waals surface area contributed by atoms with Gasteiger partial charge in [0.05, 0.1) is 17.8 Å². The zero-order chi connectivity index (χ0) is 10.4. The number of rotatable bonds is 4. The maximum absolute atomic E-state index is 12.4. The van der Waals surface area contributed by atoms with Crippen molar-refractivity contribution in [1.82, 2.24) is 0 Å². The number of benzene rings is 1. The Morgan fingerprint density at radius 3 is 2.57 bits per heavy atom. The van der Waals surface area contributed by atoms with Gasteiger partial charge in [-0.25, -0.2) is 4.39 Å². The molecule has 3 heteroatoms. The summed E-state index contributed by atoms with van der Waals surface area (Å²) in [5, 5.41) is 11.6. The monoisotopic (exact) mass is 192 g/mol. The summed E-state index contributed by atoms with van der Waals surface area (Å²) in [7, 11) is 0. The molecule has 0 saturated heterocycles. The summed E-state index contributed by atoms with van der Waals surface area (Å²) in [5.41, 5.74) is 1.55. The van der Waals surface area contributed by atoms with E-state index in [9.17, 15) is 4.39 Å². The maximum Gasteiger partial charge on any atom is 0.0991 e. The molecular weight excluding hydrogens is 179 g/mol. The highest BCUT2D eigenvalue weighted by Gasteiger charge is 1.97. The molecule has 0 saturated carbocycles. The van der Waals surface area contributed by atoms with Gasteiger partial charge in [-0.1, -0.05) is 0 Å². The molecule has 1 N–H and O–H groups in total. The van der Waals surface area contributed by atoms with Crippen LogP contribution >= 0.6 is 0 Å². The van der Waals surface area contributed by atoms with Crippen molar-refractivity contribution in [3.8, 4) is 6.07 Å². The molecule has 74 valence electrons. The van der Waals surface area contributed by atoms with Crippen molar-refractivity contribution in [2.24, 2.45) is 0 Å². The number of halogens is 1. The third-order valence-electron chi connectivity index (χ3n) is 1.89. The van der Waals surface area contributed by atoms with Gasteiger partial charge in [0.25, 0.3) is 0 Å². The Hall–Kier alpha value is -1.56. The first-order valence-corrected chi connectivity index (χ1v) is 4.60. The topological polar surface area (TPSA) is 35.8 Å². The number of nitriles is 1. The molecule has 0 spiro atoms. The standard InChI is InChI=1S/C11H13FN2/c1-9(12)6-7-14-11-4-2-10(8-13)3-5-11/h2-5,9,14H,6-7H2,1H3. The SMILES string of the molecule is CC(F)CCNc1ccc(C#N)cc1. The molecule has 1 aromatic carbocycles. The third kappa shape index (κ3) is 3.44. The molecule has 0 amide bonds. The predicted octanol–water partition coefficient (Wildman–Crippen LogP) is 2.72. The fourth-order valence-electron chi connectivity index (χ4n) is 1.08. The third-order valence-corrected chi connectivity index (χ3v) is 1.89. The van der Waals surface area contributed by atoms with Crippen molar-refractivity contribution in [1.29, 1.82) is 5.26 Å². The minimum atomic E-state index is -0.777. The van der Waals surface area contributed by atoms with E-state index in [1.54, 1.807) is 19.1 Å². The van der Waals surface area contributed by atoms with Gasteiger partial charge in [0.2, 0.25) is 0 Å². The lowest BCUT2D eigenvalue weighted by molar-refractivity contribution is 0.348. The van der Waals surface area contributed by atoms with Gasteiger partial charge in [-0.05, 0) is 37.6 Å². The first-order chi connectivity index (χ1) is 6.72. The Morgan fingerprint density at radius 2 is 2.07 bits per heavy atom. The first-order valence-electron chi connectivity index (χ1n) is 4.60. The van der Waals surface area contributed by atoms with Gasteiger partial charge in [-0.15, -0.1) is 0 Å². The second-order valence-electron chi connectivity index (χ2n) is 3.19. The quantitative estimate of drug-likeness (QED) is 0.796. The van der Waals surface area contributed by atoms with Crippen LogP contribution in [0.3, 0.4) is 0 Å². The van der Waals surface area contributed by atoms with E-state index in [-0.39, 0.29) is 0 Å². The Bertz CT molecular complexity index is 311. The number of hydrogen-bond acceptors (Lipinski definition) is 2. The molecule has 0 radical (unpaired) electrons. The van der Waals surface area contributed by atoms with E-state index < -0.39 is 6.17 Å². The average Bonchev–Trinajstić information content (AvgIpc) is 2.18. The summed E-state index contributed by atoms with van der Waals surface area (Å²) in [6, 6.07) is 9.16. The fourth-order valence-corrected chi connectivity index (χ4v) is 1.08. The van der Waals surface area contributed by atoms with Crippen LogP contribution in [0.4, 0.5) is 10.1 Å². The highest BCUT2D eigenvalue weighted by Crippen LogP contribution is 2.09. The van der Waals surface area contributed by atoms with Crippen molar-refractivity contribution in [2.75, 3.05) is 11.9 Å². The molecule has 1 aromatic rings. The van der Waals surface area contributed by atoms with Crippen LogP contribution in [0.15, 0.2) is 24.3 Å². The Labute approximate surface area is 83.4 Å². The van der Waals surface area contributed by atoms with E-state index in [2.05, 4.69) is 5.32 Å². The molecule has 1 unspecified atom stereocenters. The number of alkyl halides is 1. The molecule has 0 aliphatic heterocycles. The van der Waals surface area contributed by atoms with Gasteiger partial charge < -0.3 is 5.32 Å². The van der Waals surface area contributed by atoms with Crippen LogP contribution in [0.1, 0.15) is 18.9 Å². The number of nitrogens with zero attached hydrogens (tertiary/aromatic N) is 1. The first kappa shape index (κ1) is 10.5. The lowest BCUT2D eigenvalue weighted by Crippen LogP contribution is -2.06. The Balaban J connectivity index is 2.41. The average molecular weight is 192 g/mol.